The molecule has 5 nitrogen and oxygen atoms in total. The fraction of sp³-hybridized carbons (Fsp3) is 0.556. The summed E-state index contributed by atoms with van der Waals surface area (Å²) in [5.41, 5.74) is 0.0202. The number of benzene rings is 1. The Morgan fingerprint density at radius 2 is 2.04 bits per heavy atom. The monoisotopic (exact) mass is 384 g/mol. The van der Waals surface area contributed by atoms with Crippen molar-refractivity contribution >= 4 is 29.3 Å². The predicted octanol–water partition coefficient (Wildman–Crippen LogP) is 5.36. The molecule has 0 radical (unpaired) electrons. The molecule has 1 amide bonds. The van der Waals surface area contributed by atoms with Gasteiger partial charge in [0.2, 0.25) is 0 Å². The molecule has 1 saturated heterocycles. The molecule has 1 aliphatic heterocycles. The number of carbonyl (C=O) groups excluding carboxylic acids is 1. The highest BCUT2D eigenvalue weighted by molar-refractivity contribution is 6.42. The summed E-state index contributed by atoms with van der Waals surface area (Å²) in [5, 5.41) is 9.87. The van der Waals surface area contributed by atoms with E-state index in [9.17, 15) is 4.79 Å². The first-order valence-corrected chi connectivity index (χ1v) is 8.85. The molecule has 25 heavy (non-hydrogen) atoms. The molecule has 1 fully saturated rings. The quantitative estimate of drug-likeness (QED) is 0.703. The fourth-order valence-corrected chi connectivity index (χ4v) is 3.55. The Hall–Kier alpha value is -1.64. The third kappa shape index (κ3) is 4.31. The van der Waals surface area contributed by atoms with Crippen LogP contribution in [-0.4, -0.2) is 29.7 Å². The van der Waals surface area contributed by atoms with E-state index in [0.717, 1.165) is 0 Å². The van der Waals surface area contributed by atoms with Crippen molar-refractivity contribution in [1.29, 1.82) is 5.26 Å². The molecule has 2 unspecified atom stereocenters. The van der Waals surface area contributed by atoms with Gasteiger partial charge < -0.3 is 9.47 Å². The number of nitriles is 1. The summed E-state index contributed by atoms with van der Waals surface area (Å²) in [4.78, 5) is 14.4. The number of carbonyl (C=O) groups is 1. The molecule has 136 valence electrons. The van der Waals surface area contributed by atoms with Crippen LogP contribution in [0.4, 0.5) is 4.79 Å². The van der Waals surface area contributed by atoms with Crippen molar-refractivity contribution < 1.29 is 14.3 Å². The molecule has 0 spiro atoms. The number of likely N-dealkylation sites (tertiary alicyclic amines) is 1. The van der Waals surface area contributed by atoms with E-state index in [1.165, 1.54) is 0 Å². The van der Waals surface area contributed by atoms with Gasteiger partial charge in [-0.3, -0.25) is 4.90 Å². The van der Waals surface area contributed by atoms with E-state index in [4.69, 9.17) is 37.9 Å². The molecular formula is C18H22Cl2N2O3. The van der Waals surface area contributed by atoms with Crippen molar-refractivity contribution in [3.8, 4) is 11.8 Å². The Balaban J connectivity index is 2.47. The van der Waals surface area contributed by atoms with Crippen LogP contribution in [0.25, 0.3) is 0 Å². The van der Waals surface area contributed by atoms with Gasteiger partial charge in [0.1, 0.15) is 11.4 Å². The van der Waals surface area contributed by atoms with Crippen molar-refractivity contribution in [2.45, 2.75) is 57.7 Å². The van der Waals surface area contributed by atoms with E-state index in [1.807, 2.05) is 20.8 Å². The lowest BCUT2D eigenvalue weighted by molar-refractivity contribution is 0.0146. The number of rotatable bonds is 3. The first-order chi connectivity index (χ1) is 11.7. The number of nitrogens with zero attached hydrogens (tertiary/aromatic N) is 2. The molecule has 0 aliphatic carbocycles. The minimum Gasteiger partial charge on any atom is -0.496 e. The summed E-state index contributed by atoms with van der Waals surface area (Å²) in [6, 6.07) is 4.95. The van der Waals surface area contributed by atoms with Crippen molar-refractivity contribution in [3.05, 3.63) is 27.7 Å². The topological polar surface area (TPSA) is 62.6 Å². The minimum atomic E-state index is -0.635. The molecule has 7 heteroatoms. The maximum Gasteiger partial charge on any atom is 0.411 e. The SMILES string of the molecule is COc1ccc(Cl)c(Cl)c1C1CCC(CC#N)N1C(=O)OC(C)(C)C. The van der Waals surface area contributed by atoms with Crippen LogP contribution in [0.5, 0.6) is 5.75 Å². The Bertz CT molecular complexity index is 695. The van der Waals surface area contributed by atoms with Crippen LogP contribution in [0.2, 0.25) is 10.0 Å². The van der Waals surface area contributed by atoms with E-state index in [2.05, 4.69) is 6.07 Å². The van der Waals surface area contributed by atoms with Crippen LogP contribution >= 0.6 is 23.2 Å². The molecule has 1 aromatic rings. The number of methoxy groups -OCH3 is 1. The highest BCUT2D eigenvalue weighted by Crippen LogP contribution is 2.46. The van der Waals surface area contributed by atoms with E-state index in [-0.39, 0.29) is 18.5 Å². The molecule has 1 aliphatic rings. The van der Waals surface area contributed by atoms with Crippen LogP contribution < -0.4 is 4.74 Å². The lowest BCUT2D eigenvalue weighted by atomic mass is 10.0. The number of hydrogen-bond donors (Lipinski definition) is 0. The number of amides is 1. The molecule has 0 bridgehead atoms. The van der Waals surface area contributed by atoms with Gasteiger partial charge in [-0.25, -0.2) is 4.79 Å². The summed E-state index contributed by atoms with van der Waals surface area (Å²) in [7, 11) is 1.54. The molecule has 0 aromatic heterocycles. The maximum absolute atomic E-state index is 12.8. The van der Waals surface area contributed by atoms with Gasteiger partial charge >= 0.3 is 6.09 Å². The zero-order valence-electron chi connectivity index (χ0n) is 14.8. The van der Waals surface area contributed by atoms with Gasteiger partial charge in [0, 0.05) is 11.6 Å². The van der Waals surface area contributed by atoms with Gasteiger partial charge in [0.15, 0.2) is 0 Å². The Morgan fingerprint density at radius 3 is 2.60 bits per heavy atom. The fourth-order valence-electron chi connectivity index (χ4n) is 3.10. The molecular weight excluding hydrogens is 363 g/mol. The zero-order valence-corrected chi connectivity index (χ0v) is 16.3. The summed E-state index contributed by atoms with van der Waals surface area (Å²) >= 11 is 12.6. The van der Waals surface area contributed by atoms with Crippen molar-refractivity contribution in [2.24, 2.45) is 0 Å². The summed E-state index contributed by atoms with van der Waals surface area (Å²) in [6.45, 7) is 5.42. The van der Waals surface area contributed by atoms with Gasteiger partial charge in [0.05, 0.1) is 35.7 Å². The van der Waals surface area contributed by atoms with Crippen LogP contribution in [0.1, 0.15) is 51.6 Å². The molecule has 2 atom stereocenters. The average Bonchev–Trinajstić information content (AvgIpc) is 2.92. The first-order valence-electron chi connectivity index (χ1n) is 8.09. The standard InChI is InChI=1S/C18H22Cl2N2O3/c1-18(2,3)25-17(23)22-11(9-10-21)5-7-13(22)15-14(24-4)8-6-12(19)16(15)20/h6,8,11,13H,5,7,9H2,1-4H3. The van der Waals surface area contributed by atoms with Crippen molar-refractivity contribution in [1.82, 2.24) is 4.90 Å². The largest absolute Gasteiger partial charge is 0.496 e. The van der Waals surface area contributed by atoms with E-state index < -0.39 is 11.7 Å². The Morgan fingerprint density at radius 1 is 1.36 bits per heavy atom. The first kappa shape index (κ1) is 19.7. The highest BCUT2D eigenvalue weighted by Gasteiger charge is 2.42. The second-order valence-corrected chi connectivity index (χ2v) is 7.76. The summed E-state index contributed by atoms with van der Waals surface area (Å²) in [5.74, 6) is 0.561. The highest BCUT2D eigenvalue weighted by atomic mass is 35.5. The summed E-state index contributed by atoms with van der Waals surface area (Å²) < 4.78 is 11.0. The van der Waals surface area contributed by atoms with Gasteiger partial charge in [-0.1, -0.05) is 23.2 Å². The maximum atomic E-state index is 12.8. The third-order valence-corrected chi connectivity index (χ3v) is 4.90. The molecule has 2 rings (SSSR count). The van der Waals surface area contributed by atoms with Gasteiger partial charge in [-0.15, -0.1) is 0 Å². The lowest BCUT2D eigenvalue weighted by Crippen LogP contribution is -2.41. The van der Waals surface area contributed by atoms with E-state index in [1.54, 1.807) is 24.1 Å². The molecule has 0 saturated carbocycles. The Kier molecular flexibility index (Phi) is 6.08. The van der Waals surface area contributed by atoms with E-state index in [0.29, 0.717) is 34.2 Å². The number of ether oxygens (including phenoxy) is 2. The van der Waals surface area contributed by atoms with Crippen molar-refractivity contribution in [2.75, 3.05) is 7.11 Å². The van der Waals surface area contributed by atoms with Crippen molar-refractivity contribution in [3.63, 3.8) is 0 Å². The predicted molar refractivity (Wildman–Crippen MR) is 97.1 cm³/mol. The van der Waals surface area contributed by atoms with Crippen LogP contribution in [-0.2, 0) is 4.74 Å². The average molecular weight is 385 g/mol. The minimum absolute atomic E-state index is 0.232. The number of hydrogen-bond acceptors (Lipinski definition) is 4. The smallest absolute Gasteiger partial charge is 0.411 e. The molecule has 1 heterocycles. The van der Waals surface area contributed by atoms with Crippen LogP contribution in [0, 0.1) is 11.3 Å². The van der Waals surface area contributed by atoms with Gasteiger partial charge in [-0.05, 0) is 45.7 Å². The van der Waals surface area contributed by atoms with Gasteiger partial charge in [0.25, 0.3) is 0 Å². The zero-order chi connectivity index (χ0) is 18.8. The second-order valence-electron chi connectivity index (χ2n) is 6.97. The normalized spacial score (nSPS) is 20.3. The Labute approximate surface area is 158 Å². The summed E-state index contributed by atoms with van der Waals surface area (Å²) in [6.07, 6.45) is 1.11. The van der Waals surface area contributed by atoms with Gasteiger partial charge in [-0.2, -0.15) is 5.26 Å². The lowest BCUT2D eigenvalue weighted by Gasteiger charge is -2.33. The third-order valence-electron chi connectivity index (χ3n) is 4.08. The molecule has 0 N–H and O–H groups in total. The van der Waals surface area contributed by atoms with Crippen LogP contribution in [0.15, 0.2) is 12.1 Å². The molecule has 1 aromatic carbocycles. The van der Waals surface area contributed by atoms with Crippen LogP contribution in [0.3, 0.4) is 0 Å². The van der Waals surface area contributed by atoms with E-state index >= 15 is 0 Å². The number of halogens is 2. The second kappa shape index (κ2) is 7.72.